The Kier molecular flexibility index (Phi) is 2.72. The van der Waals surface area contributed by atoms with Gasteiger partial charge >= 0.3 is 0 Å². The van der Waals surface area contributed by atoms with Gasteiger partial charge < -0.3 is 5.73 Å². The van der Waals surface area contributed by atoms with Gasteiger partial charge in [0.05, 0.1) is 0 Å². The molecule has 0 saturated heterocycles. The molecule has 0 atom stereocenters. The molecule has 0 aliphatic heterocycles. The van der Waals surface area contributed by atoms with Gasteiger partial charge in [-0.05, 0) is 17.7 Å². The van der Waals surface area contributed by atoms with E-state index in [0.717, 1.165) is 15.1 Å². The van der Waals surface area contributed by atoms with Crippen LogP contribution in [-0.2, 0) is 6.54 Å². The largest absolute Gasteiger partial charge is 0.326 e. The number of hydrogen-bond acceptors (Lipinski definition) is 1. The predicted molar refractivity (Wildman–Crippen MR) is 47.0 cm³/mol. The molecule has 2 N–H and O–H groups in total. The fourth-order valence-corrected chi connectivity index (χ4v) is 1.62. The molecule has 0 bridgehead atoms. The molecule has 0 aliphatic rings. The van der Waals surface area contributed by atoms with Crippen LogP contribution in [0.25, 0.3) is 0 Å². The molecule has 10 heavy (non-hydrogen) atoms. The Labute approximate surface area is 73.3 Å². The first kappa shape index (κ1) is 8.05. The summed E-state index contributed by atoms with van der Waals surface area (Å²) in [5, 5.41) is 0.719. The third kappa shape index (κ3) is 1.51. The van der Waals surface area contributed by atoms with Gasteiger partial charge in [0.2, 0.25) is 0 Å². The van der Waals surface area contributed by atoms with Crippen LogP contribution in [0, 0.1) is 0 Å². The van der Waals surface area contributed by atoms with Crippen molar-refractivity contribution in [3.8, 4) is 0 Å². The number of rotatable bonds is 1. The molecule has 0 unspecified atom stereocenters. The smallest absolute Gasteiger partial charge is 0.0462 e. The van der Waals surface area contributed by atoms with Crippen LogP contribution in [0.1, 0.15) is 5.56 Å². The van der Waals surface area contributed by atoms with Crippen LogP contribution >= 0.6 is 27.5 Å². The van der Waals surface area contributed by atoms with Crippen molar-refractivity contribution in [2.75, 3.05) is 0 Å². The highest BCUT2D eigenvalue weighted by Gasteiger charge is 2.00. The van der Waals surface area contributed by atoms with Crippen LogP contribution in [0.4, 0.5) is 0 Å². The molecule has 54 valence electrons. The molecule has 0 amide bonds. The summed E-state index contributed by atoms with van der Waals surface area (Å²) < 4.78 is 0.975. The third-order valence-electron chi connectivity index (χ3n) is 1.27. The summed E-state index contributed by atoms with van der Waals surface area (Å²) in [5.41, 5.74) is 6.40. The van der Waals surface area contributed by atoms with Crippen LogP contribution in [0.5, 0.6) is 0 Å². The highest BCUT2D eigenvalue weighted by atomic mass is 79.9. The molecule has 0 aromatic heterocycles. The van der Waals surface area contributed by atoms with Gasteiger partial charge in [0, 0.05) is 16.0 Å². The zero-order valence-corrected chi connectivity index (χ0v) is 7.61. The van der Waals surface area contributed by atoms with E-state index in [1.54, 1.807) is 0 Å². The third-order valence-corrected chi connectivity index (χ3v) is 2.36. The second-order valence-corrected chi connectivity index (χ2v) is 3.17. The van der Waals surface area contributed by atoms with Gasteiger partial charge in [0.25, 0.3) is 0 Å². The van der Waals surface area contributed by atoms with Gasteiger partial charge in [0.15, 0.2) is 0 Å². The van der Waals surface area contributed by atoms with Gasteiger partial charge in [-0.1, -0.05) is 33.6 Å². The maximum Gasteiger partial charge on any atom is 0.0462 e. The maximum atomic E-state index is 5.82. The second-order valence-electron chi connectivity index (χ2n) is 1.90. The number of hydrogen-bond donors (Lipinski definition) is 1. The second kappa shape index (κ2) is 3.37. The van der Waals surface area contributed by atoms with Crippen molar-refractivity contribution in [1.82, 2.24) is 0 Å². The van der Waals surface area contributed by atoms with E-state index in [-0.39, 0.29) is 0 Å². The Morgan fingerprint density at radius 1 is 1.50 bits per heavy atom. The van der Waals surface area contributed by atoms with Crippen molar-refractivity contribution in [3.05, 3.63) is 33.3 Å². The fraction of sp³-hybridized carbons (Fsp3) is 0.143. The fourth-order valence-electron chi connectivity index (χ4n) is 0.727. The van der Waals surface area contributed by atoms with Gasteiger partial charge in [-0.15, -0.1) is 0 Å². The first-order chi connectivity index (χ1) is 4.75. The standard InChI is InChI=1S/C7H7BrClN/c8-6-2-1-3-7(9)5(6)4-10/h1-3H,4,10H2. The van der Waals surface area contributed by atoms with E-state index in [1.165, 1.54) is 0 Å². The Balaban J connectivity index is 3.17. The van der Waals surface area contributed by atoms with E-state index in [0.29, 0.717) is 6.54 Å². The van der Waals surface area contributed by atoms with E-state index in [9.17, 15) is 0 Å². The minimum atomic E-state index is 0.472. The zero-order valence-electron chi connectivity index (χ0n) is 5.27. The highest BCUT2D eigenvalue weighted by Crippen LogP contribution is 2.23. The molecule has 1 aromatic rings. The molecule has 0 radical (unpaired) electrons. The van der Waals surface area contributed by atoms with E-state index in [4.69, 9.17) is 17.3 Å². The molecule has 0 heterocycles. The molecule has 1 nitrogen and oxygen atoms in total. The van der Waals surface area contributed by atoms with E-state index < -0.39 is 0 Å². The Hall–Kier alpha value is -0.0500. The van der Waals surface area contributed by atoms with Crippen molar-refractivity contribution in [1.29, 1.82) is 0 Å². The minimum absolute atomic E-state index is 0.472. The molecule has 3 heteroatoms. The lowest BCUT2D eigenvalue weighted by atomic mass is 10.2. The molecular weight excluding hydrogens is 213 g/mol. The minimum Gasteiger partial charge on any atom is -0.326 e. The monoisotopic (exact) mass is 219 g/mol. The van der Waals surface area contributed by atoms with Crippen LogP contribution in [0.3, 0.4) is 0 Å². The topological polar surface area (TPSA) is 26.0 Å². The Bertz CT molecular complexity index is 217. The molecular formula is C7H7BrClN. The van der Waals surface area contributed by atoms with Gasteiger partial charge in [-0.2, -0.15) is 0 Å². The Morgan fingerprint density at radius 2 is 2.20 bits per heavy atom. The maximum absolute atomic E-state index is 5.82. The summed E-state index contributed by atoms with van der Waals surface area (Å²) in [6, 6.07) is 5.63. The van der Waals surface area contributed by atoms with Crippen LogP contribution in [0.2, 0.25) is 5.02 Å². The molecule has 0 fully saturated rings. The first-order valence-electron chi connectivity index (χ1n) is 2.88. The average molecular weight is 220 g/mol. The summed E-state index contributed by atoms with van der Waals surface area (Å²) >= 11 is 9.16. The van der Waals surface area contributed by atoms with Crippen LogP contribution in [-0.4, -0.2) is 0 Å². The van der Waals surface area contributed by atoms with E-state index in [1.807, 2.05) is 18.2 Å². The lowest BCUT2D eigenvalue weighted by Gasteiger charge is -2.01. The number of halogens is 2. The van der Waals surface area contributed by atoms with Crippen molar-refractivity contribution >= 4 is 27.5 Å². The van der Waals surface area contributed by atoms with E-state index in [2.05, 4.69) is 15.9 Å². The van der Waals surface area contributed by atoms with Gasteiger partial charge in [0.1, 0.15) is 0 Å². The summed E-state index contributed by atoms with van der Waals surface area (Å²) in [5.74, 6) is 0. The highest BCUT2D eigenvalue weighted by molar-refractivity contribution is 9.10. The molecule has 0 saturated carbocycles. The SMILES string of the molecule is NCc1c(Cl)cccc1Br. The van der Waals surface area contributed by atoms with Crippen molar-refractivity contribution in [2.45, 2.75) is 6.54 Å². The van der Waals surface area contributed by atoms with Crippen LogP contribution in [0.15, 0.2) is 22.7 Å². The molecule has 0 aliphatic carbocycles. The summed E-state index contributed by atoms with van der Waals surface area (Å²) in [4.78, 5) is 0. The quantitative estimate of drug-likeness (QED) is 0.773. The van der Waals surface area contributed by atoms with Crippen LogP contribution < -0.4 is 5.73 Å². The number of nitrogens with two attached hydrogens (primary N) is 1. The van der Waals surface area contributed by atoms with Gasteiger partial charge in [-0.25, -0.2) is 0 Å². The summed E-state index contributed by atoms with van der Waals surface area (Å²) in [6.07, 6.45) is 0. The lowest BCUT2D eigenvalue weighted by Crippen LogP contribution is -1.97. The van der Waals surface area contributed by atoms with Gasteiger partial charge in [-0.3, -0.25) is 0 Å². The summed E-state index contributed by atoms with van der Waals surface area (Å²) in [7, 11) is 0. The average Bonchev–Trinajstić information content (AvgIpc) is 1.88. The zero-order chi connectivity index (χ0) is 7.56. The molecule has 0 spiro atoms. The lowest BCUT2D eigenvalue weighted by molar-refractivity contribution is 1.06. The van der Waals surface area contributed by atoms with Crippen molar-refractivity contribution in [3.63, 3.8) is 0 Å². The molecule has 1 aromatic carbocycles. The summed E-state index contributed by atoms with van der Waals surface area (Å²) in [6.45, 7) is 0.472. The van der Waals surface area contributed by atoms with Crippen molar-refractivity contribution < 1.29 is 0 Å². The van der Waals surface area contributed by atoms with Crippen molar-refractivity contribution in [2.24, 2.45) is 5.73 Å². The molecule has 1 rings (SSSR count). The van der Waals surface area contributed by atoms with E-state index >= 15 is 0 Å². The first-order valence-corrected chi connectivity index (χ1v) is 4.05. The predicted octanol–water partition coefficient (Wildman–Crippen LogP) is 2.56. The number of benzene rings is 1. The Morgan fingerprint density at radius 3 is 2.60 bits per heavy atom. The normalized spacial score (nSPS) is 9.90.